The predicted octanol–water partition coefficient (Wildman–Crippen LogP) is 20.0. The Hall–Kier alpha value is -2.55. The van der Waals surface area contributed by atoms with Gasteiger partial charge in [-0.1, -0.05) is 267 Å². The van der Waals surface area contributed by atoms with Crippen molar-refractivity contribution in [3.05, 3.63) is 72.9 Å². The van der Waals surface area contributed by atoms with Gasteiger partial charge in [-0.25, -0.2) is 4.57 Å². The Morgan fingerprint density at radius 3 is 1.36 bits per heavy atom. The highest BCUT2D eigenvalue weighted by Crippen LogP contribution is 2.43. The lowest BCUT2D eigenvalue weighted by atomic mass is 10.0. The fourth-order valence-electron chi connectivity index (χ4n) is 9.21. The third-order valence-electron chi connectivity index (χ3n) is 14.2. The molecule has 0 aromatic carbocycles. The lowest BCUT2D eigenvalue weighted by Crippen LogP contribution is -2.47. The Balaban J connectivity index is 5.06. The molecule has 0 aliphatic heterocycles. The van der Waals surface area contributed by atoms with Gasteiger partial charge in [-0.05, 0) is 83.1 Å². The number of hydrogen-bond donors (Lipinski definition) is 2. The topological polar surface area (TPSA) is 111 Å². The Morgan fingerprint density at radius 2 is 0.883 bits per heavy atom. The zero-order valence-corrected chi connectivity index (χ0v) is 52.1. The number of phosphoric ester groups is 1. The summed E-state index contributed by atoms with van der Waals surface area (Å²) in [6.07, 6.45) is 73.4. The van der Waals surface area contributed by atoms with Crippen molar-refractivity contribution in [1.82, 2.24) is 5.32 Å². The number of nitrogens with zero attached hydrogens (tertiary/aromatic N) is 1. The molecule has 448 valence electrons. The second kappa shape index (κ2) is 56.7. The number of rotatable bonds is 58. The highest BCUT2D eigenvalue weighted by atomic mass is 31.2. The summed E-state index contributed by atoms with van der Waals surface area (Å²) in [7, 11) is 1.49. The summed E-state index contributed by atoms with van der Waals surface area (Å²) in [5, 5.41) is 3.06. The van der Waals surface area contributed by atoms with Gasteiger partial charge in [-0.3, -0.25) is 18.6 Å². The molecular weight excluding hydrogens is 976 g/mol. The lowest BCUT2D eigenvalue weighted by molar-refractivity contribution is -0.870. The number of allylic oxidation sites excluding steroid dienone is 11. The molecule has 9 nitrogen and oxygen atoms in total. The average Bonchev–Trinajstić information content (AvgIpc) is 3.39. The fourth-order valence-corrected chi connectivity index (χ4v) is 9.94. The maximum absolute atomic E-state index is 13.6. The van der Waals surface area contributed by atoms with Gasteiger partial charge in [0.05, 0.1) is 33.8 Å². The molecule has 0 aromatic heterocycles. The number of amides is 1. The minimum atomic E-state index is -4.45. The van der Waals surface area contributed by atoms with Gasteiger partial charge in [0, 0.05) is 12.8 Å². The Kier molecular flexibility index (Phi) is 54.8. The summed E-state index contributed by atoms with van der Waals surface area (Å²) in [5.74, 6) is -0.515. The SMILES string of the molecule is CC/C=C/C=C/C=C/CCCCCCCCCC(=O)OC(/C=C\CCCCCCCCCCC)C(COP(=O)(O)OCC[N+](C)(C)C)NC(=O)CCCCCCCCCCCCCCCCC/C=C\C/C=C\CCCCC. The van der Waals surface area contributed by atoms with Gasteiger partial charge in [-0.15, -0.1) is 0 Å². The van der Waals surface area contributed by atoms with Crippen molar-refractivity contribution in [2.24, 2.45) is 0 Å². The summed E-state index contributed by atoms with van der Waals surface area (Å²) in [6, 6.07) is -0.855. The molecular formula is C67H124N2O7P+. The molecule has 3 unspecified atom stereocenters. The lowest BCUT2D eigenvalue weighted by Gasteiger charge is -2.27. The van der Waals surface area contributed by atoms with Gasteiger partial charge >= 0.3 is 13.8 Å². The van der Waals surface area contributed by atoms with Crippen molar-refractivity contribution >= 4 is 19.7 Å². The molecule has 1 amide bonds. The third-order valence-corrected chi connectivity index (χ3v) is 15.2. The number of esters is 1. The van der Waals surface area contributed by atoms with E-state index in [1.54, 1.807) is 0 Å². The first kappa shape index (κ1) is 74.5. The number of quaternary nitrogens is 1. The van der Waals surface area contributed by atoms with Gasteiger partial charge < -0.3 is 19.4 Å². The molecule has 0 aliphatic carbocycles. The van der Waals surface area contributed by atoms with Crippen LogP contribution < -0.4 is 5.32 Å². The number of carbonyl (C=O) groups is 2. The second-order valence-electron chi connectivity index (χ2n) is 23.0. The first-order chi connectivity index (χ1) is 37.4. The van der Waals surface area contributed by atoms with Crippen molar-refractivity contribution in [3.63, 3.8) is 0 Å². The zero-order valence-electron chi connectivity index (χ0n) is 51.2. The first-order valence-corrected chi connectivity index (χ1v) is 33.8. The van der Waals surface area contributed by atoms with E-state index in [1.165, 1.54) is 173 Å². The minimum absolute atomic E-state index is 0.0366. The fraction of sp³-hybridized carbons (Fsp3) is 0.791. The van der Waals surface area contributed by atoms with Crippen LogP contribution in [0.15, 0.2) is 72.9 Å². The normalized spacial score (nSPS) is 14.1. The molecule has 0 rings (SSSR count). The summed E-state index contributed by atoms with van der Waals surface area (Å²) in [6.45, 7) is 6.86. The van der Waals surface area contributed by atoms with Crippen LogP contribution in [0.25, 0.3) is 0 Å². The molecule has 3 atom stereocenters. The Labute approximate surface area is 476 Å². The number of hydrogen-bond acceptors (Lipinski definition) is 6. The summed E-state index contributed by atoms with van der Waals surface area (Å²) in [5.41, 5.74) is 0. The van der Waals surface area contributed by atoms with Crippen molar-refractivity contribution in [2.45, 2.75) is 303 Å². The van der Waals surface area contributed by atoms with Gasteiger partial charge in [0.2, 0.25) is 5.91 Å². The Bertz CT molecular complexity index is 1550. The molecule has 0 aromatic rings. The molecule has 0 saturated heterocycles. The van der Waals surface area contributed by atoms with Crippen molar-refractivity contribution in [3.8, 4) is 0 Å². The summed E-state index contributed by atoms with van der Waals surface area (Å²) in [4.78, 5) is 37.7. The standard InChI is InChI=1S/C67H123N2O7P/c1-7-10-13-16-19-22-25-27-29-30-31-32-33-34-35-36-37-38-40-41-44-47-50-53-56-59-66(70)68-64(63-75-77(72,73)74-62-61-69(4,5)6)65(58-55-52-49-46-43-24-21-18-15-12-9-3)76-67(71)60-57-54-51-48-45-42-39-28-26-23-20-17-14-11-8-2/h11,14,17,19-20,22-23,26-27,29,55,58,64-65H,7-10,12-13,15-16,18,21,24-25,28,30-54,56-57,59-63H2,1-6H3,(H-,68,70,72,73)/p+1/b14-11+,20-17+,22-19-,26-23+,29-27-,58-55-. The van der Waals surface area contributed by atoms with Crippen LogP contribution >= 0.6 is 7.82 Å². The molecule has 0 bridgehead atoms. The van der Waals surface area contributed by atoms with E-state index in [0.717, 1.165) is 83.5 Å². The van der Waals surface area contributed by atoms with Crippen LogP contribution in [0.5, 0.6) is 0 Å². The molecule has 0 aliphatic rings. The zero-order chi connectivity index (χ0) is 56.4. The number of likely N-dealkylation sites (N-methyl/N-ethyl adjacent to an activating group) is 1. The van der Waals surface area contributed by atoms with E-state index in [0.29, 0.717) is 17.4 Å². The maximum Gasteiger partial charge on any atom is 0.472 e. The smallest absolute Gasteiger partial charge is 0.456 e. The van der Waals surface area contributed by atoms with E-state index in [9.17, 15) is 19.0 Å². The highest BCUT2D eigenvalue weighted by molar-refractivity contribution is 7.47. The quantitative estimate of drug-likeness (QED) is 0.0156. The average molecular weight is 1100 g/mol. The van der Waals surface area contributed by atoms with Crippen LogP contribution in [-0.4, -0.2) is 74.3 Å². The molecule has 0 saturated carbocycles. The second-order valence-corrected chi connectivity index (χ2v) is 24.4. The van der Waals surface area contributed by atoms with Crippen LogP contribution in [0.3, 0.4) is 0 Å². The van der Waals surface area contributed by atoms with Gasteiger partial charge in [0.1, 0.15) is 19.3 Å². The van der Waals surface area contributed by atoms with Crippen molar-refractivity contribution in [2.75, 3.05) is 40.9 Å². The number of carbonyl (C=O) groups excluding carboxylic acids is 2. The molecule has 77 heavy (non-hydrogen) atoms. The molecule has 0 spiro atoms. The van der Waals surface area contributed by atoms with Crippen LogP contribution in [0.2, 0.25) is 0 Å². The van der Waals surface area contributed by atoms with Crippen LogP contribution in [0, 0.1) is 0 Å². The molecule has 10 heteroatoms. The van der Waals surface area contributed by atoms with E-state index >= 15 is 0 Å². The van der Waals surface area contributed by atoms with Crippen LogP contribution in [0.4, 0.5) is 0 Å². The third kappa shape index (κ3) is 57.9. The van der Waals surface area contributed by atoms with Gasteiger partial charge in [-0.2, -0.15) is 0 Å². The number of nitrogens with one attached hydrogen (secondary N) is 1. The van der Waals surface area contributed by atoms with E-state index < -0.39 is 20.0 Å². The van der Waals surface area contributed by atoms with E-state index in [2.05, 4.69) is 86.8 Å². The summed E-state index contributed by atoms with van der Waals surface area (Å²) >= 11 is 0. The first-order valence-electron chi connectivity index (χ1n) is 32.3. The highest BCUT2D eigenvalue weighted by Gasteiger charge is 2.30. The Morgan fingerprint density at radius 1 is 0.481 bits per heavy atom. The van der Waals surface area contributed by atoms with Crippen molar-refractivity contribution in [1.29, 1.82) is 0 Å². The van der Waals surface area contributed by atoms with E-state index in [1.807, 2.05) is 33.3 Å². The largest absolute Gasteiger partial charge is 0.472 e. The predicted molar refractivity (Wildman–Crippen MR) is 332 cm³/mol. The molecule has 0 radical (unpaired) electrons. The number of unbranched alkanes of at least 4 members (excludes halogenated alkanes) is 34. The molecule has 2 N–H and O–H groups in total. The summed E-state index contributed by atoms with van der Waals surface area (Å²) < 4.78 is 30.7. The van der Waals surface area contributed by atoms with Crippen molar-refractivity contribution < 1.29 is 37.3 Å². The van der Waals surface area contributed by atoms with Crippen LogP contribution in [0.1, 0.15) is 290 Å². The number of ether oxygens (including phenoxy) is 1. The van der Waals surface area contributed by atoms with Gasteiger partial charge in [0.15, 0.2) is 0 Å². The monoisotopic (exact) mass is 1100 g/mol. The van der Waals surface area contributed by atoms with E-state index in [-0.39, 0.29) is 31.5 Å². The van der Waals surface area contributed by atoms with Gasteiger partial charge in [0.25, 0.3) is 0 Å². The van der Waals surface area contributed by atoms with E-state index in [4.69, 9.17) is 13.8 Å². The van der Waals surface area contributed by atoms with Crippen LogP contribution in [-0.2, 0) is 27.9 Å². The molecule has 0 heterocycles. The maximum atomic E-state index is 13.6. The minimum Gasteiger partial charge on any atom is -0.456 e. The number of phosphoric acid groups is 1. The molecule has 0 fully saturated rings.